The highest BCUT2D eigenvalue weighted by Crippen LogP contribution is 2.44. The molecule has 0 spiro atoms. The number of halogens is 7. The first-order chi connectivity index (χ1) is 17.5. The van der Waals surface area contributed by atoms with Gasteiger partial charge in [-0.25, -0.2) is 13.2 Å². The predicted octanol–water partition coefficient (Wildman–Crippen LogP) is 5.76. The zero-order valence-electron chi connectivity index (χ0n) is 20.0. The van der Waals surface area contributed by atoms with Crippen molar-refractivity contribution < 1.29 is 35.5 Å². The van der Waals surface area contributed by atoms with E-state index in [2.05, 4.69) is 4.98 Å². The first-order valence-corrected chi connectivity index (χ1v) is 12.1. The lowest BCUT2D eigenvalue weighted by Crippen LogP contribution is -2.49. The number of hydrogen-bond donors (Lipinski definition) is 1. The largest absolute Gasteiger partial charge is 0.492 e. The SMILES string of the molecule is C[C@H]1Cc2c([nH]c3ccc(F)cc23)[C@H](c2c(F)cc(OCCN3CC(CF)C3)cc2F)N1CC(F)(F)F. The molecule has 1 fully saturated rings. The number of nitrogens with zero attached hydrogens (tertiary/aromatic N) is 2. The van der Waals surface area contributed by atoms with Crippen LogP contribution >= 0.6 is 0 Å². The maximum absolute atomic E-state index is 15.4. The van der Waals surface area contributed by atoms with Crippen LogP contribution in [0.25, 0.3) is 10.9 Å². The van der Waals surface area contributed by atoms with Gasteiger partial charge in [0.15, 0.2) is 0 Å². The van der Waals surface area contributed by atoms with Gasteiger partial charge in [0.1, 0.15) is 29.8 Å². The molecule has 1 saturated heterocycles. The van der Waals surface area contributed by atoms with Crippen molar-refractivity contribution in [3.63, 3.8) is 0 Å². The van der Waals surface area contributed by atoms with E-state index < -0.39 is 54.5 Å². The Labute approximate surface area is 209 Å². The van der Waals surface area contributed by atoms with E-state index in [9.17, 15) is 22.0 Å². The summed E-state index contributed by atoms with van der Waals surface area (Å²) >= 11 is 0. The Morgan fingerprint density at radius 2 is 1.76 bits per heavy atom. The summed E-state index contributed by atoms with van der Waals surface area (Å²) in [5.41, 5.74) is 0.671. The Balaban J connectivity index is 1.48. The average molecular weight is 530 g/mol. The molecule has 1 aromatic heterocycles. The number of hydrogen-bond acceptors (Lipinski definition) is 3. The zero-order valence-corrected chi connectivity index (χ0v) is 20.0. The molecular formula is C26H26F7N3O. The Morgan fingerprint density at radius 1 is 1.05 bits per heavy atom. The second-order valence-electron chi connectivity index (χ2n) is 9.88. The fourth-order valence-corrected chi connectivity index (χ4v) is 5.45. The molecule has 0 bridgehead atoms. The summed E-state index contributed by atoms with van der Waals surface area (Å²) in [6.45, 7) is 1.53. The Bertz CT molecular complexity index is 1260. The Hall–Kier alpha value is -2.79. The molecule has 2 aromatic carbocycles. The summed E-state index contributed by atoms with van der Waals surface area (Å²) in [5, 5.41) is 0.472. The Kier molecular flexibility index (Phi) is 6.86. The number of H-pyrrole nitrogens is 1. The maximum atomic E-state index is 15.4. The monoisotopic (exact) mass is 529 g/mol. The predicted molar refractivity (Wildman–Crippen MR) is 124 cm³/mol. The molecule has 2 aliphatic heterocycles. The number of nitrogens with one attached hydrogen (secondary N) is 1. The van der Waals surface area contributed by atoms with Crippen LogP contribution in [-0.4, -0.2) is 66.5 Å². The third-order valence-corrected chi connectivity index (χ3v) is 7.19. The lowest BCUT2D eigenvalue weighted by molar-refractivity contribution is -0.155. The van der Waals surface area contributed by atoms with Gasteiger partial charge >= 0.3 is 6.18 Å². The van der Waals surface area contributed by atoms with Crippen molar-refractivity contribution in [3.8, 4) is 5.75 Å². The summed E-state index contributed by atoms with van der Waals surface area (Å²) < 4.78 is 104. The van der Waals surface area contributed by atoms with Gasteiger partial charge in [-0.05, 0) is 37.1 Å². The van der Waals surface area contributed by atoms with E-state index in [1.165, 1.54) is 18.2 Å². The average Bonchev–Trinajstić information content (AvgIpc) is 3.13. The van der Waals surface area contributed by atoms with Crippen LogP contribution in [0.5, 0.6) is 5.75 Å². The van der Waals surface area contributed by atoms with Gasteiger partial charge in [-0.2, -0.15) is 13.2 Å². The van der Waals surface area contributed by atoms with Crippen molar-refractivity contribution in [2.45, 2.75) is 31.6 Å². The van der Waals surface area contributed by atoms with Crippen molar-refractivity contribution in [2.75, 3.05) is 39.5 Å². The Morgan fingerprint density at radius 3 is 2.41 bits per heavy atom. The number of aromatic nitrogens is 1. The van der Waals surface area contributed by atoms with Gasteiger partial charge in [0.2, 0.25) is 0 Å². The molecular weight excluding hydrogens is 503 g/mol. The number of likely N-dealkylation sites (tertiary alicyclic amines) is 1. The molecule has 37 heavy (non-hydrogen) atoms. The van der Waals surface area contributed by atoms with Gasteiger partial charge in [0, 0.05) is 65.9 Å². The molecule has 11 heteroatoms. The zero-order chi connectivity index (χ0) is 26.5. The van der Waals surface area contributed by atoms with Crippen LogP contribution in [0.2, 0.25) is 0 Å². The molecule has 0 amide bonds. The van der Waals surface area contributed by atoms with E-state index in [0.29, 0.717) is 36.1 Å². The van der Waals surface area contributed by atoms with Crippen molar-refractivity contribution in [2.24, 2.45) is 5.92 Å². The van der Waals surface area contributed by atoms with E-state index in [4.69, 9.17) is 4.74 Å². The summed E-state index contributed by atoms with van der Waals surface area (Å²) in [6, 6.07) is 3.71. The number of aromatic amines is 1. The van der Waals surface area contributed by atoms with E-state index in [0.717, 1.165) is 17.0 Å². The molecule has 200 valence electrons. The fourth-order valence-electron chi connectivity index (χ4n) is 5.45. The molecule has 0 radical (unpaired) electrons. The van der Waals surface area contributed by atoms with Gasteiger partial charge in [-0.1, -0.05) is 0 Å². The van der Waals surface area contributed by atoms with Crippen molar-refractivity contribution in [1.82, 2.24) is 14.8 Å². The van der Waals surface area contributed by atoms with E-state index in [1.807, 2.05) is 4.90 Å². The van der Waals surface area contributed by atoms with Gasteiger partial charge in [0.05, 0.1) is 19.3 Å². The molecule has 4 nitrogen and oxygen atoms in total. The van der Waals surface area contributed by atoms with E-state index in [-0.39, 0.29) is 30.4 Å². The third kappa shape index (κ3) is 5.16. The van der Waals surface area contributed by atoms with Gasteiger partial charge in [-0.15, -0.1) is 0 Å². The molecule has 5 rings (SSSR count). The topological polar surface area (TPSA) is 31.5 Å². The van der Waals surface area contributed by atoms with Crippen LogP contribution in [0.1, 0.15) is 29.8 Å². The van der Waals surface area contributed by atoms with E-state index >= 15 is 8.78 Å². The normalized spacial score (nSPS) is 21.3. The molecule has 3 heterocycles. The second-order valence-corrected chi connectivity index (χ2v) is 9.88. The number of alkyl halides is 4. The highest BCUT2D eigenvalue weighted by Gasteiger charge is 2.44. The number of ether oxygens (including phenoxy) is 1. The van der Waals surface area contributed by atoms with Crippen molar-refractivity contribution in [1.29, 1.82) is 0 Å². The third-order valence-electron chi connectivity index (χ3n) is 7.19. The lowest BCUT2D eigenvalue weighted by Gasteiger charge is -2.41. The maximum Gasteiger partial charge on any atom is 0.401 e. The molecule has 0 unspecified atom stereocenters. The molecule has 1 N–H and O–H groups in total. The summed E-state index contributed by atoms with van der Waals surface area (Å²) in [7, 11) is 0. The molecule has 0 saturated carbocycles. The quantitative estimate of drug-likeness (QED) is 0.395. The summed E-state index contributed by atoms with van der Waals surface area (Å²) in [6.07, 6.45) is -4.47. The van der Waals surface area contributed by atoms with Gasteiger partial charge in [-0.3, -0.25) is 14.2 Å². The number of benzene rings is 2. The van der Waals surface area contributed by atoms with Crippen LogP contribution in [-0.2, 0) is 6.42 Å². The molecule has 2 aliphatic rings. The minimum Gasteiger partial charge on any atom is -0.492 e. The summed E-state index contributed by atoms with van der Waals surface area (Å²) in [4.78, 5) is 5.96. The van der Waals surface area contributed by atoms with E-state index in [1.54, 1.807) is 6.92 Å². The standard InChI is InChI=1S/C26H26F7N3O/c1-14-6-19-18-7-16(28)2-3-22(18)34-24(19)25(36(14)13-26(31,32)33)23-20(29)8-17(9-21(23)30)37-5-4-35-11-15(10-27)12-35/h2-3,7-9,14-15,25,34H,4-6,10-13H2,1H3/t14-,25-/m0/s1. The van der Waals surface area contributed by atoms with Crippen LogP contribution in [0.3, 0.4) is 0 Å². The first-order valence-electron chi connectivity index (χ1n) is 12.1. The lowest BCUT2D eigenvalue weighted by atomic mass is 9.88. The molecule has 0 aliphatic carbocycles. The van der Waals surface area contributed by atoms with Gasteiger partial charge < -0.3 is 9.72 Å². The number of fused-ring (bicyclic) bond motifs is 3. The fraction of sp³-hybridized carbons (Fsp3) is 0.462. The minimum atomic E-state index is -4.61. The van der Waals surface area contributed by atoms with Crippen molar-refractivity contribution in [3.05, 3.63) is 64.6 Å². The molecule has 3 aromatic rings. The number of rotatable bonds is 7. The van der Waals surface area contributed by atoms with Crippen LogP contribution in [0, 0.1) is 23.4 Å². The van der Waals surface area contributed by atoms with Crippen molar-refractivity contribution >= 4 is 10.9 Å². The smallest absolute Gasteiger partial charge is 0.401 e. The highest BCUT2D eigenvalue weighted by molar-refractivity contribution is 5.85. The highest BCUT2D eigenvalue weighted by atomic mass is 19.4. The second kappa shape index (κ2) is 9.83. The van der Waals surface area contributed by atoms with Gasteiger partial charge in [0.25, 0.3) is 0 Å². The molecule has 2 atom stereocenters. The van der Waals surface area contributed by atoms with Crippen LogP contribution in [0.4, 0.5) is 30.7 Å². The van der Waals surface area contributed by atoms with Crippen LogP contribution < -0.4 is 4.74 Å². The van der Waals surface area contributed by atoms with Crippen LogP contribution in [0.15, 0.2) is 30.3 Å². The summed E-state index contributed by atoms with van der Waals surface area (Å²) in [5.74, 6) is -2.70. The minimum absolute atomic E-state index is 0.00211. The first kappa shape index (κ1) is 25.8.